The molecular formula is C20H25F2NO2. The van der Waals surface area contributed by atoms with E-state index in [-0.39, 0.29) is 24.2 Å². The number of rotatable bonds is 4. The summed E-state index contributed by atoms with van der Waals surface area (Å²) in [5, 5.41) is 8.71. The van der Waals surface area contributed by atoms with E-state index in [1.54, 1.807) is 7.11 Å². The van der Waals surface area contributed by atoms with Crippen LogP contribution in [0.4, 0.5) is 8.78 Å². The summed E-state index contributed by atoms with van der Waals surface area (Å²) >= 11 is 0. The van der Waals surface area contributed by atoms with Gasteiger partial charge in [-0.3, -0.25) is 0 Å². The van der Waals surface area contributed by atoms with E-state index >= 15 is 0 Å². The Morgan fingerprint density at radius 1 is 1.20 bits per heavy atom. The predicted octanol–water partition coefficient (Wildman–Crippen LogP) is 4.61. The van der Waals surface area contributed by atoms with E-state index in [0.29, 0.717) is 18.5 Å². The first kappa shape index (κ1) is 17.0. The maximum absolute atomic E-state index is 12.9. The molecule has 1 aromatic carbocycles. The third kappa shape index (κ3) is 3.07. The van der Waals surface area contributed by atoms with E-state index in [2.05, 4.69) is 0 Å². The molecule has 0 amide bonds. The number of ether oxygens (including phenoxy) is 2. The topological polar surface area (TPSA) is 42.3 Å². The number of nitrogens with one attached hydrogen (secondary N) is 1. The van der Waals surface area contributed by atoms with Crippen LogP contribution < -0.4 is 4.74 Å². The molecule has 2 fully saturated rings. The molecule has 25 heavy (non-hydrogen) atoms. The van der Waals surface area contributed by atoms with Crippen LogP contribution in [-0.2, 0) is 11.2 Å². The Morgan fingerprint density at radius 3 is 2.56 bits per heavy atom. The van der Waals surface area contributed by atoms with Crippen LogP contribution in [0.3, 0.4) is 0 Å². The van der Waals surface area contributed by atoms with E-state index in [9.17, 15) is 8.78 Å². The maximum Gasteiger partial charge on any atom is 0.248 e. The first-order valence-corrected chi connectivity index (χ1v) is 9.17. The average Bonchev–Trinajstić information content (AvgIpc) is 2.84. The largest absolute Gasteiger partial charge is 0.493 e. The Kier molecular flexibility index (Phi) is 4.10. The summed E-state index contributed by atoms with van der Waals surface area (Å²) in [4.78, 5) is 0. The lowest BCUT2D eigenvalue weighted by Crippen LogP contribution is -2.38. The standard InChI is InChI=1S/C20H25F2NO2/c1-24-15-4-6-19(7-5-15)11-14-2-3-16(8-17(14)18(19)23)25-12-13-9-20(21,22)10-13/h2-3,8,13,15,23H,4-7,9-12H2,1H3. The van der Waals surface area contributed by atoms with Crippen molar-refractivity contribution in [2.45, 2.75) is 57.0 Å². The molecule has 5 heteroatoms. The number of halogens is 2. The number of hydrogen-bond acceptors (Lipinski definition) is 3. The van der Waals surface area contributed by atoms with Gasteiger partial charge >= 0.3 is 0 Å². The van der Waals surface area contributed by atoms with Gasteiger partial charge in [0.2, 0.25) is 5.92 Å². The summed E-state index contributed by atoms with van der Waals surface area (Å²) in [7, 11) is 1.76. The second-order valence-electron chi connectivity index (χ2n) is 8.03. The van der Waals surface area contributed by atoms with Crippen molar-refractivity contribution in [2.24, 2.45) is 11.3 Å². The van der Waals surface area contributed by atoms with Crippen LogP contribution in [0.15, 0.2) is 18.2 Å². The van der Waals surface area contributed by atoms with Crippen molar-refractivity contribution in [3.05, 3.63) is 29.3 Å². The van der Waals surface area contributed by atoms with Gasteiger partial charge in [-0.05, 0) is 49.8 Å². The van der Waals surface area contributed by atoms with Gasteiger partial charge in [-0.25, -0.2) is 8.78 Å². The van der Waals surface area contributed by atoms with Crippen molar-refractivity contribution in [1.29, 1.82) is 5.41 Å². The highest BCUT2D eigenvalue weighted by Gasteiger charge is 2.46. The number of methoxy groups -OCH3 is 1. The highest BCUT2D eigenvalue weighted by Crippen LogP contribution is 2.48. The first-order valence-electron chi connectivity index (χ1n) is 9.17. The Labute approximate surface area is 147 Å². The fourth-order valence-corrected chi connectivity index (χ4v) is 4.69. The van der Waals surface area contributed by atoms with Crippen LogP contribution in [0, 0.1) is 16.7 Å². The number of hydrogen-bond donors (Lipinski definition) is 1. The molecule has 2 saturated carbocycles. The zero-order valence-electron chi connectivity index (χ0n) is 14.6. The van der Waals surface area contributed by atoms with E-state index < -0.39 is 5.92 Å². The number of alkyl halides is 2. The molecule has 136 valence electrons. The molecule has 0 heterocycles. The zero-order chi connectivity index (χ0) is 17.7. The lowest BCUT2D eigenvalue weighted by Gasteiger charge is -2.36. The highest BCUT2D eigenvalue weighted by molar-refractivity contribution is 6.07. The van der Waals surface area contributed by atoms with Crippen LogP contribution in [0.2, 0.25) is 0 Å². The average molecular weight is 349 g/mol. The SMILES string of the molecule is COC1CCC2(CC1)Cc1ccc(OCC3CC(F)(F)C3)cc1C2=N. The van der Waals surface area contributed by atoms with Gasteiger partial charge in [-0.1, -0.05) is 6.07 Å². The lowest BCUT2D eigenvalue weighted by molar-refractivity contribution is -0.119. The molecule has 0 aromatic heterocycles. The Morgan fingerprint density at radius 2 is 1.92 bits per heavy atom. The minimum Gasteiger partial charge on any atom is -0.493 e. The van der Waals surface area contributed by atoms with Gasteiger partial charge in [0.1, 0.15) is 5.75 Å². The molecule has 1 spiro atoms. The summed E-state index contributed by atoms with van der Waals surface area (Å²) in [5.41, 5.74) is 2.86. The third-order valence-corrected chi connectivity index (χ3v) is 6.29. The van der Waals surface area contributed by atoms with Crippen LogP contribution in [0.1, 0.15) is 49.7 Å². The van der Waals surface area contributed by atoms with Crippen molar-refractivity contribution in [2.75, 3.05) is 13.7 Å². The van der Waals surface area contributed by atoms with Crippen LogP contribution >= 0.6 is 0 Å². The summed E-state index contributed by atoms with van der Waals surface area (Å²) in [6.45, 7) is 0.336. The van der Waals surface area contributed by atoms with Gasteiger partial charge in [0.25, 0.3) is 0 Å². The smallest absolute Gasteiger partial charge is 0.248 e. The van der Waals surface area contributed by atoms with Crippen LogP contribution in [0.5, 0.6) is 5.75 Å². The molecule has 3 aliphatic rings. The molecule has 0 aliphatic heterocycles. The fraction of sp³-hybridized carbons (Fsp3) is 0.650. The van der Waals surface area contributed by atoms with Crippen LogP contribution in [-0.4, -0.2) is 31.5 Å². The summed E-state index contributed by atoms with van der Waals surface area (Å²) in [5.74, 6) is -1.86. The van der Waals surface area contributed by atoms with E-state index in [1.165, 1.54) is 5.56 Å². The highest BCUT2D eigenvalue weighted by atomic mass is 19.3. The normalized spacial score (nSPS) is 27.2. The van der Waals surface area contributed by atoms with Gasteiger partial charge in [0, 0.05) is 42.6 Å². The molecule has 0 bridgehead atoms. The maximum atomic E-state index is 12.9. The van der Waals surface area contributed by atoms with Crippen LogP contribution in [0.25, 0.3) is 0 Å². The van der Waals surface area contributed by atoms with Crippen molar-refractivity contribution >= 4 is 5.71 Å². The van der Waals surface area contributed by atoms with Gasteiger partial charge in [0.15, 0.2) is 0 Å². The van der Waals surface area contributed by atoms with Crippen molar-refractivity contribution < 1.29 is 18.3 Å². The molecule has 4 rings (SSSR count). The second-order valence-corrected chi connectivity index (χ2v) is 8.03. The molecular weight excluding hydrogens is 324 g/mol. The lowest BCUT2D eigenvalue weighted by atomic mass is 9.70. The number of benzene rings is 1. The molecule has 0 saturated heterocycles. The monoisotopic (exact) mass is 349 g/mol. The fourth-order valence-electron chi connectivity index (χ4n) is 4.69. The van der Waals surface area contributed by atoms with Gasteiger partial charge in [-0.2, -0.15) is 0 Å². The molecule has 1 N–H and O–H groups in total. The Hall–Kier alpha value is -1.49. The quantitative estimate of drug-likeness (QED) is 0.862. The molecule has 0 atom stereocenters. The van der Waals surface area contributed by atoms with E-state index in [0.717, 1.165) is 43.4 Å². The van der Waals surface area contributed by atoms with Gasteiger partial charge < -0.3 is 14.9 Å². The van der Waals surface area contributed by atoms with Crippen molar-refractivity contribution in [1.82, 2.24) is 0 Å². The molecule has 3 nitrogen and oxygen atoms in total. The zero-order valence-corrected chi connectivity index (χ0v) is 14.6. The van der Waals surface area contributed by atoms with E-state index in [1.807, 2.05) is 18.2 Å². The third-order valence-electron chi connectivity index (χ3n) is 6.29. The molecule has 0 radical (unpaired) electrons. The van der Waals surface area contributed by atoms with Gasteiger partial charge in [0.05, 0.1) is 12.7 Å². The minimum absolute atomic E-state index is 0.0496. The summed E-state index contributed by atoms with van der Waals surface area (Å²) in [6, 6.07) is 5.90. The summed E-state index contributed by atoms with van der Waals surface area (Å²) in [6.07, 6.45) is 5.10. The Bertz CT molecular complexity index is 672. The van der Waals surface area contributed by atoms with E-state index in [4.69, 9.17) is 14.9 Å². The molecule has 3 aliphatic carbocycles. The Balaban J connectivity index is 1.42. The van der Waals surface area contributed by atoms with Crippen molar-refractivity contribution in [3.63, 3.8) is 0 Å². The van der Waals surface area contributed by atoms with Crippen molar-refractivity contribution in [3.8, 4) is 5.75 Å². The molecule has 0 unspecified atom stereocenters. The molecule has 1 aromatic rings. The van der Waals surface area contributed by atoms with Gasteiger partial charge in [-0.15, -0.1) is 0 Å². The predicted molar refractivity (Wildman–Crippen MR) is 91.8 cm³/mol. The minimum atomic E-state index is -2.50. The summed E-state index contributed by atoms with van der Waals surface area (Å²) < 4.78 is 37.0. The second kappa shape index (κ2) is 6.04. The first-order chi connectivity index (χ1) is 11.9. The number of fused-ring (bicyclic) bond motifs is 1.